The van der Waals surface area contributed by atoms with Crippen molar-refractivity contribution in [1.82, 2.24) is 15.5 Å². The van der Waals surface area contributed by atoms with E-state index in [2.05, 4.69) is 15.5 Å². The molecule has 3 aromatic rings. The molecule has 1 atom stereocenters. The molecule has 0 spiro atoms. The van der Waals surface area contributed by atoms with Crippen molar-refractivity contribution < 1.29 is 23.5 Å². The van der Waals surface area contributed by atoms with Gasteiger partial charge >= 0.3 is 6.09 Å². The minimum atomic E-state index is -1.16. The molecule has 2 aromatic carbocycles. The Morgan fingerprint density at radius 1 is 1.23 bits per heavy atom. The Morgan fingerprint density at radius 3 is 2.49 bits per heavy atom. The molecule has 8 nitrogen and oxygen atoms in total. The van der Waals surface area contributed by atoms with Gasteiger partial charge in [-0.2, -0.15) is 0 Å². The van der Waals surface area contributed by atoms with E-state index < -0.39 is 28.8 Å². The van der Waals surface area contributed by atoms with Gasteiger partial charge in [-0.25, -0.2) is 9.18 Å². The van der Waals surface area contributed by atoms with Crippen LogP contribution in [-0.4, -0.2) is 38.6 Å². The van der Waals surface area contributed by atoms with Gasteiger partial charge in [-0.15, -0.1) is 22.0 Å². The standard InChI is InChI=1S/C28H32ClFN4O4S/c1-15-21(30)19(23-32-33-25(38-23)27(2,3)4)11-20-22(15)39-14-17(12-28(5,6)31-26(36)37)24(35)34(20)13-16-7-9-18(29)10-8-16/h7-11,17,31H,12-14H2,1-6H3,(H,36,37)/t17-/m0/s1. The largest absolute Gasteiger partial charge is 0.465 e. The average molecular weight is 575 g/mol. The van der Waals surface area contributed by atoms with Gasteiger partial charge in [-0.05, 0) is 51.0 Å². The normalized spacial score (nSPS) is 16.2. The van der Waals surface area contributed by atoms with E-state index in [1.807, 2.05) is 32.9 Å². The van der Waals surface area contributed by atoms with E-state index in [1.165, 1.54) is 11.8 Å². The third-order valence-corrected chi connectivity index (χ3v) is 8.13. The number of thioether (sulfide) groups is 1. The zero-order valence-electron chi connectivity index (χ0n) is 22.8. The van der Waals surface area contributed by atoms with Crippen LogP contribution in [0.2, 0.25) is 5.02 Å². The molecule has 4 rings (SSSR count). The summed E-state index contributed by atoms with van der Waals surface area (Å²) in [5.74, 6) is -0.425. The van der Waals surface area contributed by atoms with Gasteiger partial charge in [0.25, 0.3) is 5.89 Å². The van der Waals surface area contributed by atoms with Crippen LogP contribution in [0.25, 0.3) is 11.5 Å². The van der Waals surface area contributed by atoms with Crippen LogP contribution in [0, 0.1) is 18.7 Å². The lowest BCUT2D eigenvalue weighted by atomic mass is 9.90. The number of fused-ring (bicyclic) bond motifs is 1. The van der Waals surface area contributed by atoms with Crippen LogP contribution in [0.4, 0.5) is 14.9 Å². The van der Waals surface area contributed by atoms with E-state index in [1.54, 1.807) is 43.9 Å². The predicted molar refractivity (Wildman–Crippen MR) is 150 cm³/mol. The lowest BCUT2D eigenvalue weighted by molar-refractivity contribution is -0.122. The molecular weight excluding hydrogens is 543 g/mol. The van der Waals surface area contributed by atoms with Crippen LogP contribution >= 0.6 is 23.4 Å². The molecule has 0 radical (unpaired) electrons. The summed E-state index contributed by atoms with van der Waals surface area (Å²) in [6.45, 7) is 11.1. The molecule has 1 aliphatic rings. The highest BCUT2D eigenvalue weighted by Gasteiger charge is 2.37. The van der Waals surface area contributed by atoms with Crippen molar-refractivity contribution in [3.63, 3.8) is 0 Å². The Bertz CT molecular complexity index is 1400. The summed E-state index contributed by atoms with van der Waals surface area (Å²) >= 11 is 7.47. The van der Waals surface area contributed by atoms with Crippen molar-refractivity contribution in [3.05, 3.63) is 58.2 Å². The van der Waals surface area contributed by atoms with Crippen molar-refractivity contribution in [2.75, 3.05) is 10.7 Å². The van der Waals surface area contributed by atoms with E-state index in [0.717, 1.165) is 5.56 Å². The molecule has 39 heavy (non-hydrogen) atoms. The van der Waals surface area contributed by atoms with Crippen LogP contribution in [-0.2, 0) is 16.8 Å². The van der Waals surface area contributed by atoms with Gasteiger partial charge < -0.3 is 19.7 Å². The predicted octanol–water partition coefficient (Wildman–Crippen LogP) is 6.83. The second-order valence-electron chi connectivity index (χ2n) is 11.5. The Kier molecular flexibility index (Phi) is 8.01. The van der Waals surface area contributed by atoms with Gasteiger partial charge in [0.05, 0.1) is 23.7 Å². The minimum absolute atomic E-state index is 0.0415. The second-order valence-corrected chi connectivity index (χ2v) is 12.9. The molecule has 0 saturated carbocycles. The maximum Gasteiger partial charge on any atom is 0.405 e. The van der Waals surface area contributed by atoms with Gasteiger partial charge in [-0.1, -0.05) is 44.5 Å². The van der Waals surface area contributed by atoms with Crippen molar-refractivity contribution >= 4 is 41.1 Å². The number of carbonyl (C=O) groups is 2. The molecule has 2 heterocycles. The minimum Gasteiger partial charge on any atom is -0.465 e. The molecular formula is C28H32ClFN4O4S. The number of rotatable bonds is 6. The number of anilines is 1. The Balaban J connectivity index is 1.82. The molecule has 2 amide bonds. The Hall–Kier alpha value is -3.11. The van der Waals surface area contributed by atoms with E-state index in [9.17, 15) is 14.7 Å². The van der Waals surface area contributed by atoms with Crippen LogP contribution in [0.15, 0.2) is 39.6 Å². The molecule has 0 aliphatic carbocycles. The number of nitrogens with one attached hydrogen (secondary N) is 1. The van der Waals surface area contributed by atoms with Gasteiger partial charge in [-0.3, -0.25) is 4.79 Å². The average Bonchev–Trinajstić information content (AvgIpc) is 3.29. The fourth-order valence-corrected chi connectivity index (χ4v) is 5.94. The van der Waals surface area contributed by atoms with E-state index in [4.69, 9.17) is 16.0 Å². The summed E-state index contributed by atoms with van der Waals surface area (Å²) in [6, 6.07) is 8.77. The van der Waals surface area contributed by atoms with Gasteiger partial charge in [0.2, 0.25) is 11.8 Å². The zero-order valence-corrected chi connectivity index (χ0v) is 24.3. The highest BCUT2D eigenvalue weighted by Crippen LogP contribution is 2.44. The maximum absolute atomic E-state index is 15.8. The number of benzene rings is 2. The van der Waals surface area contributed by atoms with E-state index in [-0.39, 0.29) is 30.3 Å². The number of hydrogen-bond donors (Lipinski definition) is 2. The topological polar surface area (TPSA) is 109 Å². The van der Waals surface area contributed by atoms with Gasteiger partial charge in [0.15, 0.2) is 0 Å². The molecule has 0 unspecified atom stereocenters. The first-order valence-electron chi connectivity index (χ1n) is 12.5. The summed E-state index contributed by atoms with van der Waals surface area (Å²) in [6.07, 6.45) is -0.893. The van der Waals surface area contributed by atoms with Gasteiger partial charge in [0, 0.05) is 32.2 Å². The Labute approximate surface area is 236 Å². The number of nitrogens with zero attached hydrogens (tertiary/aromatic N) is 3. The quantitative estimate of drug-likeness (QED) is 0.332. The van der Waals surface area contributed by atoms with Crippen LogP contribution in [0.1, 0.15) is 58.1 Å². The van der Waals surface area contributed by atoms with E-state index >= 15 is 4.39 Å². The lowest BCUT2D eigenvalue weighted by Crippen LogP contribution is -2.47. The third kappa shape index (κ3) is 6.38. The number of aromatic nitrogens is 2. The first-order chi connectivity index (χ1) is 18.2. The number of carbonyl (C=O) groups excluding carboxylic acids is 1. The molecule has 1 aromatic heterocycles. The van der Waals surface area contributed by atoms with Gasteiger partial charge in [0.1, 0.15) is 5.82 Å². The third-order valence-electron chi connectivity index (χ3n) is 6.51. The molecule has 11 heteroatoms. The molecule has 1 aliphatic heterocycles. The molecule has 2 N–H and O–H groups in total. The van der Waals surface area contributed by atoms with Crippen LogP contribution in [0.5, 0.6) is 0 Å². The SMILES string of the molecule is Cc1c(F)c(-c2nnc(C(C)(C)C)o2)cc2c1SC[C@H](CC(C)(C)NC(=O)O)C(=O)N2Cc1ccc(Cl)cc1. The van der Waals surface area contributed by atoms with Crippen molar-refractivity contribution in [1.29, 1.82) is 0 Å². The van der Waals surface area contributed by atoms with Crippen LogP contribution < -0.4 is 10.2 Å². The summed E-state index contributed by atoms with van der Waals surface area (Å²) in [4.78, 5) is 27.7. The Morgan fingerprint density at radius 2 is 1.90 bits per heavy atom. The number of carboxylic acid groups (broad SMARTS) is 1. The monoisotopic (exact) mass is 574 g/mol. The molecule has 0 saturated heterocycles. The number of halogens is 2. The summed E-state index contributed by atoms with van der Waals surface area (Å²) < 4.78 is 21.6. The smallest absolute Gasteiger partial charge is 0.405 e. The zero-order chi connectivity index (χ0) is 28.7. The molecule has 208 valence electrons. The van der Waals surface area contributed by atoms with E-state index in [0.29, 0.717) is 32.8 Å². The van der Waals surface area contributed by atoms with Crippen LogP contribution in [0.3, 0.4) is 0 Å². The first-order valence-corrected chi connectivity index (χ1v) is 13.9. The highest BCUT2D eigenvalue weighted by atomic mass is 35.5. The fraction of sp³-hybridized carbons (Fsp3) is 0.429. The number of hydrogen-bond acceptors (Lipinski definition) is 6. The summed E-state index contributed by atoms with van der Waals surface area (Å²) in [7, 11) is 0. The van der Waals surface area contributed by atoms with Crippen molar-refractivity contribution in [3.8, 4) is 11.5 Å². The summed E-state index contributed by atoms with van der Waals surface area (Å²) in [5, 5.41) is 20.6. The lowest BCUT2D eigenvalue weighted by Gasteiger charge is -2.31. The highest BCUT2D eigenvalue weighted by molar-refractivity contribution is 7.99. The molecule has 0 fully saturated rings. The number of amides is 2. The van der Waals surface area contributed by atoms with Crippen molar-refractivity contribution in [2.24, 2.45) is 5.92 Å². The summed E-state index contributed by atoms with van der Waals surface area (Å²) in [5.41, 5.74) is 0.599. The second kappa shape index (κ2) is 10.8. The molecule has 0 bridgehead atoms. The fourth-order valence-electron chi connectivity index (χ4n) is 4.57. The maximum atomic E-state index is 15.8. The first kappa shape index (κ1) is 28.9. The van der Waals surface area contributed by atoms with Crippen molar-refractivity contribution in [2.45, 2.75) is 70.4 Å².